The lowest BCUT2D eigenvalue weighted by Gasteiger charge is -1.92. The first kappa shape index (κ1) is 9.85. The molecule has 0 aliphatic heterocycles. The van der Waals surface area contributed by atoms with Gasteiger partial charge in [-0.25, -0.2) is 9.78 Å². The summed E-state index contributed by atoms with van der Waals surface area (Å²) in [7, 11) is -1.19. The van der Waals surface area contributed by atoms with Crippen LogP contribution >= 0.6 is 0 Å². The van der Waals surface area contributed by atoms with Gasteiger partial charge in [0.15, 0.2) is 5.16 Å². The van der Waals surface area contributed by atoms with E-state index in [0.29, 0.717) is 16.2 Å². The molecule has 1 aromatic carbocycles. The van der Waals surface area contributed by atoms with Gasteiger partial charge in [-0.1, -0.05) is 0 Å². The van der Waals surface area contributed by atoms with Gasteiger partial charge in [0, 0.05) is 6.26 Å². The molecule has 2 aromatic rings. The van der Waals surface area contributed by atoms with E-state index >= 15 is 0 Å². The second-order valence-electron chi connectivity index (χ2n) is 3.03. The molecule has 0 aliphatic carbocycles. The maximum atomic E-state index is 11.1. The van der Waals surface area contributed by atoms with Crippen LogP contribution in [0.5, 0.6) is 0 Å². The number of rotatable bonds is 2. The molecule has 0 saturated heterocycles. The van der Waals surface area contributed by atoms with Gasteiger partial charge in [-0.3, -0.25) is 4.21 Å². The fraction of sp³-hybridized carbons (Fsp3) is 0.111. The molecule has 1 heterocycles. The third kappa shape index (κ3) is 1.75. The molecule has 2 rings (SSSR count). The molecule has 2 N–H and O–H groups in total. The third-order valence-electron chi connectivity index (χ3n) is 1.98. The van der Waals surface area contributed by atoms with E-state index in [-0.39, 0.29) is 5.56 Å². The molecule has 0 saturated carbocycles. The Labute approximate surface area is 87.6 Å². The molecule has 0 aliphatic rings. The number of nitrogens with one attached hydrogen (secondary N) is 1. The van der Waals surface area contributed by atoms with Crippen molar-refractivity contribution in [3.63, 3.8) is 0 Å². The Morgan fingerprint density at radius 2 is 2.27 bits per heavy atom. The number of H-pyrrole nitrogens is 1. The van der Waals surface area contributed by atoms with Crippen molar-refractivity contribution in [2.45, 2.75) is 5.16 Å². The van der Waals surface area contributed by atoms with Crippen molar-refractivity contribution in [1.82, 2.24) is 9.97 Å². The van der Waals surface area contributed by atoms with Gasteiger partial charge >= 0.3 is 5.97 Å². The highest BCUT2D eigenvalue weighted by Crippen LogP contribution is 2.15. The predicted molar refractivity (Wildman–Crippen MR) is 55.4 cm³/mol. The number of aromatic nitrogens is 2. The zero-order valence-corrected chi connectivity index (χ0v) is 8.67. The molecule has 0 spiro atoms. The summed E-state index contributed by atoms with van der Waals surface area (Å²) in [6, 6.07) is 4.53. The molecule has 0 bridgehead atoms. The van der Waals surface area contributed by atoms with Crippen molar-refractivity contribution in [2.24, 2.45) is 0 Å². The van der Waals surface area contributed by atoms with Crippen LogP contribution in [-0.2, 0) is 10.8 Å². The van der Waals surface area contributed by atoms with Crippen LogP contribution in [0.15, 0.2) is 23.4 Å². The standard InChI is InChI=1S/C9H8N2O3S/c1-15(14)9-10-6-3-2-5(8(12)13)4-7(6)11-9/h2-4H,1H3,(H,10,11)(H,12,13). The molecule has 0 radical (unpaired) electrons. The highest BCUT2D eigenvalue weighted by atomic mass is 32.2. The maximum Gasteiger partial charge on any atom is 0.335 e. The van der Waals surface area contributed by atoms with Crippen molar-refractivity contribution in [2.75, 3.05) is 6.26 Å². The number of aromatic carboxylic acids is 1. The van der Waals surface area contributed by atoms with E-state index in [0.717, 1.165) is 0 Å². The van der Waals surface area contributed by atoms with E-state index in [4.69, 9.17) is 5.11 Å². The Morgan fingerprint density at radius 3 is 2.87 bits per heavy atom. The average Bonchev–Trinajstić information content (AvgIpc) is 2.59. The minimum atomic E-state index is -1.19. The van der Waals surface area contributed by atoms with Crippen LogP contribution in [0.3, 0.4) is 0 Å². The van der Waals surface area contributed by atoms with Gasteiger partial charge in [0.2, 0.25) is 0 Å². The van der Waals surface area contributed by atoms with Crippen molar-refractivity contribution in [3.8, 4) is 0 Å². The van der Waals surface area contributed by atoms with E-state index in [1.54, 1.807) is 6.07 Å². The first-order valence-electron chi connectivity index (χ1n) is 4.14. The Bertz CT molecular complexity index is 549. The summed E-state index contributed by atoms with van der Waals surface area (Å²) in [6.07, 6.45) is 1.51. The molecular formula is C9H8N2O3S. The number of carboxylic acids is 1. The smallest absolute Gasteiger partial charge is 0.335 e. The van der Waals surface area contributed by atoms with Crippen LogP contribution in [0.2, 0.25) is 0 Å². The first-order valence-corrected chi connectivity index (χ1v) is 5.70. The van der Waals surface area contributed by atoms with Crippen LogP contribution in [0.25, 0.3) is 11.0 Å². The molecule has 5 nitrogen and oxygen atoms in total. The van der Waals surface area contributed by atoms with Gasteiger partial charge in [0.1, 0.15) is 0 Å². The average molecular weight is 224 g/mol. The molecule has 6 heteroatoms. The number of hydrogen-bond acceptors (Lipinski definition) is 3. The number of carboxylic acid groups (broad SMARTS) is 1. The number of carbonyl (C=O) groups is 1. The summed E-state index contributed by atoms with van der Waals surface area (Å²) < 4.78 is 11.1. The number of fused-ring (bicyclic) bond motifs is 1. The Morgan fingerprint density at radius 1 is 1.53 bits per heavy atom. The Hall–Kier alpha value is -1.69. The second kappa shape index (κ2) is 3.47. The molecule has 0 fully saturated rings. The van der Waals surface area contributed by atoms with Crippen LogP contribution in [-0.4, -0.2) is 31.5 Å². The zero-order valence-electron chi connectivity index (χ0n) is 7.85. The predicted octanol–water partition coefficient (Wildman–Crippen LogP) is 0.998. The van der Waals surface area contributed by atoms with Crippen molar-refractivity contribution in [3.05, 3.63) is 23.8 Å². The van der Waals surface area contributed by atoms with Gasteiger partial charge in [0.25, 0.3) is 0 Å². The second-order valence-corrected chi connectivity index (χ2v) is 4.33. The summed E-state index contributed by atoms with van der Waals surface area (Å²) in [6.45, 7) is 0. The quantitative estimate of drug-likeness (QED) is 0.797. The van der Waals surface area contributed by atoms with Crippen LogP contribution < -0.4 is 0 Å². The fourth-order valence-electron chi connectivity index (χ4n) is 1.26. The molecule has 0 amide bonds. The highest BCUT2D eigenvalue weighted by molar-refractivity contribution is 7.84. The molecule has 1 unspecified atom stereocenters. The molecule has 78 valence electrons. The summed E-state index contributed by atoms with van der Waals surface area (Å²) in [5, 5.41) is 9.12. The van der Waals surface area contributed by atoms with Crippen LogP contribution in [0.4, 0.5) is 0 Å². The van der Waals surface area contributed by atoms with Crippen LogP contribution in [0, 0.1) is 0 Å². The van der Waals surface area contributed by atoms with Gasteiger partial charge in [-0.05, 0) is 18.2 Å². The Kier molecular flexibility index (Phi) is 2.28. The largest absolute Gasteiger partial charge is 0.478 e. The number of imidazole rings is 1. The summed E-state index contributed by atoms with van der Waals surface area (Å²) in [5.74, 6) is -0.995. The minimum absolute atomic E-state index is 0.180. The van der Waals surface area contributed by atoms with Crippen molar-refractivity contribution >= 4 is 27.8 Å². The lowest BCUT2D eigenvalue weighted by Crippen LogP contribution is -1.94. The lowest BCUT2D eigenvalue weighted by molar-refractivity contribution is 0.0697. The normalized spacial score (nSPS) is 12.9. The number of hydrogen-bond donors (Lipinski definition) is 2. The van der Waals surface area contributed by atoms with Gasteiger partial charge in [-0.2, -0.15) is 0 Å². The Balaban J connectivity index is 2.62. The van der Waals surface area contributed by atoms with E-state index in [9.17, 15) is 9.00 Å². The highest BCUT2D eigenvalue weighted by Gasteiger charge is 2.08. The van der Waals surface area contributed by atoms with Gasteiger partial charge in [0.05, 0.1) is 27.4 Å². The number of nitrogens with zero attached hydrogens (tertiary/aromatic N) is 1. The lowest BCUT2D eigenvalue weighted by atomic mass is 10.2. The third-order valence-corrected chi connectivity index (χ3v) is 2.72. The van der Waals surface area contributed by atoms with E-state index in [1.165, 1.54) is 18.4 Å². The molecule has 15 heavy (non-hydrogen) atoms. The summed E-state index contributed by atoms with van der Waals surface area (Å²) >= 11 is 0. The zero-order chi connectivity index (χ0) is 11.0. The van der Waals surface area contributed by atoms with Gasteiger partial charge in [-0.15, -0.1) is 0 Å². The van der Waals surface area contributed by atoms with E-state index < -0.39 is 16.8 Å². The molecular weight excluding hydrogens is 216 g/mol. The summed E-state index contributed by atoms with van der Waals surface area (Å²) in [4.78, 5) is 17.6. The van der Waals surface area contributed by atoms with Crippen molar-refractivity contribution in [1.29, 1.82) is 0 Å². The number of benzene rings is 1. The van der Waals surface area contributed by atoms with E-state index in [2.05, 4.69) is 9.97 Å². The van der Waals surface area contributed by atoms with Gasteiger partial charge < -0.3 is 10.1 Å². The van der Waals surface area contributed by atoms with Crippen LogP contribution in [0.1, 0.15) is 10.4 Å². The van der Waals surface area contributed by atoms with E-state index in [1.807, 2.05) is 0 Å². The topological polar surface area (TPSA) is 83.1 Å². The summed E-state index contributed by atoms with van der Waals surface area (Å²) in [5.41, 5.74) is 1.38. The fourth-order valence-corrected chi connectivity index (χ4v) is 1.74. The molecule has 1 atom stereocenters. The number of aromatic amines is 1. The first-order chi connectivity index (χ1) is 7.08. The SMILES string of the molecule is CS(=O)c1nc2ccc(C(=O)O)cc2[nH]1. The maximum absolute atomic E-state index is 11.1. The van der Waals surface area contributed by atoms with Crippen molar-refractivity contribution < 1.29 is 14.1 Å². The monoisotopic (exact) mass is 224 g/mol. The molecule has 1 aromatic heterocycles. The minimum Gasteiger partial charge on any atom is -0.478 e.